The molecule has 0 atom stereocenters. The van der Waals surface area contributed by atoms with Crippen LogP contribution < -0.4 is 0 Å². The number of hydrogen-bond donors (Lipinski definition) is 0. The molecule has 0 aliphatic carbocycles. The maximum absolute atomic E-state index is 12.6. The molecule has 1 aromatic rings. The summed E-state index contributed by atoms with van der Waals surface area (Å²) in [6.45, 7) is 2.62. The molecule has 2 fully saturated rings. The van der Waals surface area contributed by atoms with Crippen molar-refractivity contribution in [3.63, 3.8) is 0 Å². The number of carbonyl (C=O) groups excluding carboxylic acids is 2. The van der Waals surface area contributed by atoms with Crippen molar-refractivity contribution < 1.29 is 14.3 Å². The molecule has 3 rings (SSSR count). The zero-order chi connectivity index (χ0) is 17.8. The molecule has 5 nitrogen and oxygen atoms in total. The molecule has 8 heteroatoms. The highest BCUT2D eigenvalue weighted by Gasteiger charge is 2.32. The lowest BCUT2D eigenvalue weighted by Gasteiger charge is -2.27. The van der Waals surface area contributed by atoms with Crippen LogP contribution >= 0.6 is 35.6 Å². The maximum atomic E-state index is 12.6. The van der Waals surface area contributed by atoms with Crippen LogP contribution in [-0.2, 0) is 14.3 Å². The van der Waals surface area contributed by atoms with Crippen LogP contribution in [0.25, 0.3) is 6.08 Å². The van der Waals surface area contributed by atoms with Crippen LogP contribution in [0, 0.1) is 0 Å². The van der Waals surface area contributed by atoms with Crippen molar-refractivity contribution in [1.82, 2.24) is 9.80 Å². The summed E-state index contributed by atoms with van der Waals surface area (Å²) in [5, 5.41) is 0.579. The maximum Gasteiger partial charge on any atom is 0.266 e. The predicted octanol–water partition coefficient (Wildman–Crippen LogP) is 2.79. The molecule has 0 radical (unpaired) electrons. The standard InChI is InChI=1S/C17H17ClN2O3S2/c18-13-4-2-1-3-12(13)11-14-16(22)20(17(24)25-14)6-5-15(21)19-7-9-23-10-8-19/h1-4,11H,5-10H2/b14-11-. The van der Waals surface area contributed by atoms with Gasteiger partial charge in [0.2, 0.25) is 5.91 Å². The summed E-state index contributed by atoms with van der Waals surface area (Å²) in [5.74, 6) is -0.155. The minimum atomic E-state index is -0.176. The van der Waals surface area contributed by atoms with Crippen molar-refractivity contribution >= 4 is 57.8 Å². The molecule has 2 amide bonds. The normalized spacial score (nSPS) is 19.8. The molecule has 2 heterocycles. The van der Waals surface area contributed by atoms with Crippen LogP contribution in [0.1, 0.15) is 12.0 Å². The molecule has 132 valence electrons. The molecule has 1 aromatic carbocycles. The summed E-state index contributed by atoms with van der Waals surface area (Å²) >= 11 is 12.7. The summed E-state index contributed by atoms with van der Waals surface area (Å²) in [6.07, 6.45) is 2.00. The van der Waals surface area contributed by atoms with E-state index in [1.54, 1.807) is 17.0 Å². The predicted molar refractivity (Wildman–Crippen MR) is 103 cm³/mol. The van der Waals surface area contributed by atoms with Crippen molar-refractivity contribution in [2.75, 3.05) is 32.8 Å². The van der Waals surface area contributed by atoms with E-state index in [-0.39, 0.29) is 18.2 Å². The minimum absolute atomic E-state index is 0.0208. The van der Waals surface area contributed by atoms with Crippen molar-refractivity contribution in [2.24, 2.45) is 0 Å². The fourth-order valence-electron chi connectivity index (χ4n) is 2.60. The van der Waals surface area contributed by atoms with Crippen molar-refractivity contribution in [2.45, 2.75) is 6.42 Å². The summed E-state index contributed by atoms with van der Waals surface area (Å²) in [7, 11) is 0. The number of nitrogens with zero attached hydrogens (tertiary/aromatic N) is 2. The van der Waals surface area contributed by atoms with Crippen LogP contribution in [0.2, 0.25) is 5.02 Å². The number of carbonyl (C=O) groups is 2. The van der Waals surface area contributed by atoms with Crippen LogP contribution in [0.5, 0.6) is 0 Å². The average Bonchev–Trinajstić information content (AvgIpc) is 2.89. The van der Waals surface area contributed by atoms with Gasteiger partial charge in [0.1, 0.15) is 4.32 Å². The fraction of sp³-hybridized carbons (Fsp3) is 0.353. The van der Waals surface area contributed by atoms with Crippen molar-refractivity contribution in [1.29, 1.82) is 0 Å². The van der Waals surface area contributed by atoms with Gasteiger partial charge in [0.15, 0.2) is 0 Å². The summed E-state index contributed by atoms with van der Waals surface area (Å²) in [4.78, 5) is 28.6. The summed E-state index contributed by atoms with van der Waals surface area (Å²) in [6, 6.07) is 7.31. The largest absolute Gasteiger partial charge is 0.378 e. The highest BCUT2D eigenvalue weighted by atomic mass is 35.5. The van der Waals surface area contributed by atoms with E-state index in [0.717, 1.165) is 5.56 Å². The van der Waals surface area contributed by atoms with Gasteiger partial charge in [-0.15, -0.1) is 0 Å². The smallest absolute Gasteiger partial charge is 0.266 e. The Morgan fingerprint density at radius 3 is 2.76 bits per heavy atom. The lowest BCUT2D eigenvalue weighted by atomic mass is 10.2. The van der Waals surface area contributed by atoms with Crippen molar-refractivity contribution in [3.05, 3.63) is 39.8 Å². The van der Waals surface area contributed by atoms with Crippen LogP contribution in [0.15, 0.2) is 29.2 Å². The van der Waals surface area contributed by atoms with Gasteiger partial charge >= 0.3 is 0 Å². The minimum Gasteiger partial charge on any atom is -0.378 e. The molecule has 2 saturated heterocycles. The Morgan fingerprint density at radius 1 is 1.32 bits per heavy atom. The monoisotopic (exact) mass is 396 g/mol. The van der Waals surface area contributed by atoms with Gasteiger partial charge in [-0.25, -0.2) is 0 Å². The first kappa shape index (κ1) is 18.4. The topological polar surface area (TPSA) is 49.9 Å². The van der Waals surface area contributed by atoms with E-state index < -0.39 is 0 Å². The molecule has 2 aliphatic heterocycles. The van der Waals surface area contributed by atoms with Crippen LogP contribution in [-0.4, -0.2) is 58.8 Å². The highest BCUT2D eigenvalue weighted by molar-refractivity contribution is 8.26. The lowest BCUT2D eigenvalue weighted by molar-refractivity contribution is -0.135. The second-order valence-electron chi connectivity index (χ2n) is 5.60. The first-order chi connectivity index (χ1) is 12.1. The van der Waals surface area contributed by atoms with E-state index in [2.05, 4.69) is 0 Å². The van der Waals surface area contributed by atoms with Gasteiger partial charge in [0, 0.05) is 31.1 Å². The third kappa shape index (κ3) is 4.41. The Balaban J connectivity index is 1.63. The molecule has 25 heavy (non-hydrogen) atoms. The van der Waals surface area contributed by atoms with Gasteiger partial charge in [-0.1, -0.05) is 53.8 Å². The summed E-state index contributed by atoms with van der Waals surface area (Å²) in [5.41, 5.74) is 0.772. The molecular weight excluding hydrogens is 380 g/mol. The number of hydrogen-bond acceptors (Lipinski definition) is 5. The van der Waals surface area contributed by atoms with Gasteiger partial charge in [-0.3, -0.25) is 14.5 Å². The Kier molecular flexibility index (Phi) is 6.11. The lowest BCUT2D eigenvalue weighted by Crippen LogP contribution is -2.42. The zero-order valence-electron chi connectivity index (χ0n) is 13.4. The van der Waals surface area contributed by atoms with E-state index >= 15 is 0 Å². The van der Waals surface area contributed by atoms with Crippen molar-refractivity contribution in [3.8, 4) is 0 Å². The molecule has 0 N–H and O–H groups in total. The van der Waals surface area contributed by atoms with E-state index in [9.17, 15) is 9.59 Å². The number of thioether (sulfide) groups is 1. The van der Waals surface area contributed by atoms with Gasteiger partial charge in [-0.2, -0.15) is 0 Å². The fourth-order valence-corrected chi connectivity index (χ4v) is 4.09. The third-order valence-electron chi connectivity index (χ3n) is 3.98. The highest BCUT2D eigenvalue weighted by Crippen LogP contribution is 2.33. The quantitative estimate of drug-likeness (QED) is 0.578. The first-order valence-electron chi connectivity index (χ1n) is 7.91. The number of rotatable bonds is 4. The molecule has 2 aliphatic rings. The molecule has 0 bridgehead atoms. The second kappa shape index (κ2) is 8.31. The number of amides is 2. The Bertz CT molecular complexity index is 732. The van der Waals surface area contributed by atoms with Crippen LogP contribution in [0.3, 0.4) is 0 Å². The third-order valence-corrected chi connectivity index (χ3v) is 5.70. The number of benzene rings is 1. The average molecular weight is 397 g/mol. The molecule has 0 saturated carbocycles. The van der Waals surface area contributed by atoms with E-state index in [1.165, 1.54) is 16.7 Å². The second-order valence-corrected chi connectivity index (χ2v) is 7.68. The Labute approximate surface area is 160 Å². The van der Waals surface area contributed by atoms with E-state index in [0.29, 0.717) is 47.1 Å². The van der Waals surface area contributed by atoms with E-state index in [1.807, 2.05) is 18.2 Å². The molecule has 0 aromatic heterocycles. The number of morpholine rings is 1. The van der Waals surface area contributed by atoms with Crippen LogP contribution in [0.4, 0.5) is 0 Å². The zero-order valence-corrected chi connectivity index (χ0v) is 15.8. The summed E-state index contributed by atoms with van der Waals surface area (Å²) < 4.78 is 5.71. The molecule has 0 spiro atoms. The molecule has 0 unspecified atom stereocenters. The SMILES string of the molecule is O=C(CCN1C(=O)/C(=C/c2ccccc2Cl)SC1=S)N1CCOCC1. The number of halogens is 1. The van der Waals surface area contributed by atoms with E-state index in [4.69, 9.17) is 28.6 Å². The van der Waals surface area contributed by atoms with Gasteiger partial charge in [0.25, 0.3) is 5.91 Å². The Morgan fingerprint density at radius 2 is 2.04 bits per heavy atom. The number of ether oxygens (including phenoxy) is 1. The van der Waals surface area contributed by atoms with Gasteiger partial charge in [0.05, 0.1) is 18.1 Å². The number of thiocarbonyl (C=S) groups is 1. The Hall–Kier alpha value is -1.41. The molecular formula is C17H17ClN2O3S2. The van der Waals surface area contributed by atoms with Gasteiger partial charge < -0.3 is 9.64 Å². The first-order valence-corrected chi connectivity index (χ1v) is 9.52. The van der Waals surface area contributed by atoms with Gasteiger partial charge in [-0.05, 0) is 17.7 Å².